The third-order valence-corrected chi connectivity index (χ3v) is 2.40. The minimum Gasteiger partial charge on any atom is -0.292 e. The second kappa shape index (κ2) is 2.98. The first-order valence-electron chi connectivity index (χ1n) is 3.88. The lowest BCUT2D eigenvalue weighted by Gasteiger charge is -2.14. The lowest BCUT2D eigenvalue weighted by atomic mass is 9.89. The normalized spacial score (nSPS) is 11.7. The molecule has 0 aliphatic rings. The van der Waals surface area contributed by atoms with Crippen molar-refractivity contribution in [1.82, 2.24) is 4.98 Å². The Labute approximate surface area is 76.6 Å². The zero-order valence-corrected chi connectivity index (χ0v) is 8.66. The van der Waals surface area contributed by atoms with Gasteiger partial charge in [0.15, 0.2) is 5.78 Å². The summed E-state index contributed by atoms with van der Waals surface area (Å²) in [7, 11) is 0. The number of hydrogen-bond donors (Lipinski definition) is 0. The van der Waals surface area contributed by atoms with Crippen LogP contribution in [0.25, 0.3) is 0 Å². The van der Waals surface area contributed by atoms with Gasteiger partial charge in [-0.3, -0.25) is 4.79 Å². The molecule has 0 bridgehead atoms. The molecule has 12 heavy (non-hydrogen) atoms. The van der Waals surface area contributed by atoms with Gasteiger partial charge >= 0.3 is 0 Å². The Bertz CT molecular complexity index is 296. The SMILES string of the molecule is Cc1scnc1C(=O)C(C)(C)C. The van der Waals surface area contributed by atoms with Crippen LogP contribution in [0.2, 0.25) is 0 Å². The standard InChI is InChI=1S/C9H13NOS/c1-6-7(10-5-12-6)8(11)9(2,3)4/h5H,1-4H3. The minimum absolute atomic E-state index is 0.126. The van der Waals surface area contributed by atoms with Crippen LogP contribution in [0, 0.1) is 12.3 Å². The third-order valence-electron chi connectivity index (χ3n) is 1.64. The van der Waals surface area contributed by atoms with Crippen molar-refractivity contribution in [2.24, 2.45) is 5.41 Å². The maximum absolute atomic E-state index is 11.7. The maximum Gasteiger partial charge on any atom is 0.187 e. The van der Waals surface area contributed by atoms with Gasteiger partial charge < -0.3 is 0 Å². The van der Waals surface area contributed by atoms with Gasteiger partial charge in [0, 0.05) is 10.3 Å². The number of ketones is 1. The number of carbonyl (C=O) groups excluding carboxylic acids is 1. The van der Waals surface area contributed by atoms with Crippen molar-refractivity contribution in [2.45, 2.75) is 27.7 Å². The average Bonchev–Trinajstić information content (AvgIpc) is 2.31. The van der Waals surface area contributed by atoms with Gasteiger partial charge in [-0.25, -0.2) is 4.98 Å². The fraction of sp³-hybridized carbons (Fsp3) is 0.556. The molecule has 1 aromatic heterocycles. The molecule has 0 aliphatic carbocycles. The van der Waals surface area contributed by atoms with Gasteiger partial charge in [0.2, 0.25) is 0 Å². The quantitative estimate of drug-likeness (QED) is 0.626. The van der Waals surface area contributed by atoms with E-state index in [1.807, 2.05) is 27.7 Å². The fourth-order valence-corrected chi connectivity index (χ4v) is 1.45. The van der Waals surface area contributed by atoms with E-state index < -0.39 is 0 Å². The van der Waals surface area contributed by atoms with Gasteiger partial charge in [-0.15, -0.1) is 11.3 Å². The van der Waals surface area contributed by atoms with Crippen molar-refractivity contribution in [1.29, 1.82) is 0 Å². The zero-order chi connectivity index (χ0) is 9.35. The summed E-state index contributed by atoms with van der Waals surface area (Å²) in [6, 6.07) is 0. The van der Waals surface area contributed by atoms with E-state index in [9.17, 15) is 4.79 Å². The molecule has 0 saturated carbocycles. The van der Waals surface area contributed by atoms with Crippen molar-refractivity contribution in [3.8, 4) is 0 Å². The van der Waals surface area contributed by atoms with E-state index in [1.54, 1.807) is 5.51 Å². The second-order valence-electron chi connectivity index (χ2n) is 3.84. The molecule has 0 N–H and O–H groups in total. The lowest BCUT2D eigenvalue weighted by molar-refractivity contribution is 0.0853. The number of Topliss-reactive ketones (excluding diaryl/α,β-unsaturated/α-hetero) is 1. The van der Waals surface area contributed by atoms with E-state index in [4.69, 9.17) is 0 Å². The number of aryl methyl sites for hydroxylation is 1. The Hall–Kier alpha value is -0.700. The third kappa shape index (κ3) is 1.72. The van der Waals surface area contributed by atoms with Crippen molar-refractivity contribution in [3.63, 3.8) is 0 Å². The molecule has 3 heteroatoms. The van der Waals surface area contributed by atoms with Gasteiger partial charge in [0.25, 0.3) is 0 Å². The Morgan fingerprint density at radius 2 is 2.08 bits per heavy atom. The molecule has 2 nitrogen and oxygen atoms in total. The molecule has 66 valence electrons. The Morgan fingerprint density at radius 3 is 2.42 bits per heavy atom. The molecule has 0 atom stereocenters. The van der Waals surface area contributed by atoms with Crippen molar-refractivity contribution in [3.05, 3.63) is 16.1 Å². The Kier molecular flexibility index (Phi) is 2.33. The molecule has 1 heterocycles. The van der Waals surface area contributed by atoms with Crippen molar-refractivity contribution >= 4 is 17.1 Å². The van der Waals surface area contributed by atoms with Crippen LogP contribution in [0.5, 0.6) is 0 Å². The highest BCUT2D eigenvalue weighted by molar-refractivity contribution is 7.09. The number of nitrogens with zero attached hydrogens (tertiary/aromatic N) is 1. The molecule has 0 aliphatic heterocycles. The lowest BCUT2D eigenvalue weighted by Crippen LogP contribution is -2.21. The molecular formula is C9H13NOS. The Morgan fingerprint density at radius 1 is 1.50 bits per heavy atom. The van der Waals surface area contributed by atoms with Crippen molar-refractivity contribution < 1.29 is 4.79 Å². The molecule has 0 amide bonds. The summed E-state index contributed by atoms with van der Waals surface area (Å²) in [5.74, 6) is 0.126. The molecule has 0 fully saturated rings. The molecular weight excluding hydrogens is 170 g/mol. The summed E-state index contributed by atoms with van der Waals surface area (Å²) in [5.41, 5.74) is 2.03. The van der Waals surface area contributed by atoms with E-state index in [-0.39, 0.29) is 11.2 Å². The number of rotatable bonds is 1. The van der Waals surface area contributed by atoms with Gasteiger partial charge in [0.1, 0.15) is 5.69 Å². The molecule has 0 aromatic carbocycles. The number of thiazole rings is 1. The highest BCUT2D eigenvalue weighted by Gasteiger charge is 2.25. The van der Waals surface area contributed by atoms with Crippen LogP contribution >= 0.6 is 11.3 Å². The zero-order valence-electron chi connectivity index (χ0n) is 7.84. The number of hydrogen-bond acceptors (Lipinski definition) is 3. The molecule has 1 rings (SSSR count). The summed E-state index contributed by atoms with van der Waals surface area (Å²) < 4.78 is 0. The first-order valence-corrected chi connectivity index (χ1v) is 4.76. The predicted molar refractivity (Wildman–Crippen MR) is 50.6 cm³/mol. The van der Waals surface area contributed by atoms with Crippen LogP contribution < -0.4 is 0 Å². The average molecular weight is 183 g/mol. The predicted octanol–water partition coefficient (Wildman–Crippen LogP) is 2.68. The van der Waals surface area contributed by atoms with E-state index in [0.29, 0.717) is 5.69 Å². The van der Waals surface area contributed by atoms with Crippen LogP contribution in [0.4, 0.5) is 0 Å². The second-order valence-corrected chi connectivity index (χ2v) is 4.90. The van der Waals surface area contributed by atoms with Gasteiger partial charge in [-0.2, -0.15) is 0 Å². The minimum atomic E-state index is -0.321. The van der Waals surface area contributed by atoms with Gasteiger partial charge in [0.05, 0.1) is 5.51 Å². The van der Waals surface area contributed by atoms with Crippen LogP contribution in [-0.4, -0.2) is 10.8 Å². The number of aromatic nitrogens is 1. The molecule has 1 aromatic rings. The van der Waals surface area contributed by atoms with E-state index in [0.717, 1.165) is 4.88 Å². The largest absolute Gasteiger partial charge is 0.292 e. The van der Waals surface area contributed by atoms with E-state index >= 15 is 0 Å². The Balaban J connectivity index is 3.01. The van der Waals surface area contributed by atoms with E-state index in [2.05, 4.69) is 4.98 Å². The first kappa shape index (κ1) is 9.39. The van der Waals surface area contributed by atoms with Gasteiger partial charge in [-0.1, -0.05) is 20.8 Å². The van der Waals surface area contributed by atoms with Crippen LogP contribution in [0.15, 0.2) is 5.51 Å². The summed E-state index contributed by atoms with van der Waals surface area (Å²) in [6.45, 7) is 7.66. The van der Waals surface area contributed by atoms with Crippen LogP contribution in [-0.2, 0) is 0 Å². The molecule has 0 radical (unpaired) electrons. The van der Waals surface area contributed by atoms with Crippen LogP contribution in [0.1, 0.15) is 36.1 Å². The fourth-order valence-electron chi connectivity index (χ4n) is 0.879. The topological polar surface area (TPSA) is 30.0 Å². The molecule has 0 spiro atoms. The summed E-state index contributed by atoms with van der Waals surface area (Å²) in [5, 5.41) is 0. The van der Waals surface area contributed by atoms with Gasteiger partial charge in [-0.05, 0) is 6.92 Å². The smallest absolute Gasteiger partial charge is 0.187 e. The monoisotopic (exact) mass is 183 g/mol. The summed E-state index contributed by atoms with van der Waals surface area (Å²) in [4.78, 5) is 16.8. The van der Waals surface area contributed by atoms with Crippen LogP contribution in [0.3, 0.4) is 0 Å². The number of carbonyl (C=O) groups is 1. The summed E-state index contributed by atoms with van der Waals surface area (Å²) >= 11 is 1.52. The van der Waals surface area contributed by atoms with Crippen molar-refractivity contribution in [2.75, 3.05) is 0 Å². The highest BCUT2D eigenvalue weighted by atomic mass is 32.1. The summed E-state index contributed by atoms with van der Waals surface area (Å²) in [6.07, 6.45) is 0. The van der Waals surface area contributed by atoms with E-state index in [1.165, 1.54) is 11.3 Å². The first-order chi connectivity index (χ1) is 5.43. The highest BCUT2D eigenvalue weighted by Crippen LogP contribution is 2.23. The molecule has 0 unspecified atom stereocenters. The maximum atomic E-state index is 11.7. The molecule has 0 saturated heterocycles.